The lowest BCUT2D eigenvalue weighted by molar-refractivity contribution is -0.119. The van der Waals surface area contributed by atoms with Crippen LogP contribution in [0.4, 0.5) is 5.69 Å². The van der Waals surface area contributed by atoms with E-state index in [1.54, 1.807) is 0 Å². The van der Waals surface area contributed by atoms with E-state index < -0.39 is 26.0 Å². The Bertz CT molecular complexity index is 987. The second-order valence-corrected chi connectivity index (χ2v) is 13.5. The Labute approximate surface area is 201 Å². The molecule has 1 aliphatic carbocycles. The quantitative estimate of drug-likeness (QED) is 0.468. The summed E-state index contributed by atoms with van der Waals surface area (Å²) >= 11 is 1.86. The Kier molecular flexibility index (Phi) is 9.45. The number of morpholine rings is 1. The molecule has 1 saturated heterocycles. The van der Waals surface area contributed by atoms with Gasteiger partial charge in [0.15, 0.2) is 0 Å². The van der Waals surface area contributed by atoms with Crippen LogP contribution in [0.3, 0.4) is 0 Å². The van der Waals surface area contributed by atoms with Gasteiger partial charge in [-0.05, 0) is 37.1 Å². The van der Waals surface area contributed by atoms with E-state index in [4.69, 9.17) is 4.74 Å². The fraction of sp³-hybridized carbons (Fsp3) is 0.667. The Morgan fingerprint density at radius 3 is 2.33 bits per heavy atom. The third kappa shape index (κ3) is 7.57. The summed E-state index contributed by atoms with van der Waals surface area (Å²) in [4.78, 5) is 12.5. The van der Waals surface area contributed by atoms with E-state index in [0.29, 0.717) is 25.0 Å². The van der Waals surface area contributed by atoms with E-state index in [0.717, 1.165) is 16.3 Å². The molecule has 1 amide bonds. The van der Waals surface area contributed by atoms with E-state index in [1.807, 2.05) is 11.8 Å². The molecule has 9 nitrogen and oxygen atoms in total. The summed E-state index contributed by atoms with van der Waals surface area (Å²) in [5.74, 6) is 0.401. The first-order chi connectivity index (χ1) is 15.7. The SMILES string of the molecule is CS(=O)(=O)N(CC(=O)NCCSC1CCCCC1)c1ccc(S(=O)(=O)N2CCOCC2)cc1. The number of thioether (sulfide) groups is 1. The van der Waals surface area contributed by atoms with Crippen LogP contribution in [0.25, 0.3) is 0 Å². The summed E-state index contributed by atoms with van der Waals surface area (Å²) in [6, 6.07) is 5.58. The van der Waals surface area contributed by atoms with Crippen molar-refractivity contribution in [3.63, 3.8) is 0 Å². The predicted octanol–water partition coefficient (Wildman–Crippen LogP) is 1.66. The molecule has 1 aromatic rings. The molecular formula is C21H33N3O6S3. The van der Waals surface area contributed by atoms with Crippen molar-refractivity contribution in [1.29, 1.82) is 0 Å². The van der Waals surface area contributed by atoms with Gasteiger partial charge in [0.05, 0.1) is 30.1 Å². The summed E-state index contributed by atoms with van der Waals surface area (Å²) in [6.07, 6.45) is 7.29. The van der Waals surface area contributed by atoms with Gasteiger partial charge < -0.3 is 10.1 Å². The number of amides is 1. The van der Waals surface area contributed by atoms with Crippen LogP contribution in [0.15, 0.2) is 29.2 Å². The third-order valence-electron chi connectivity index (χ3n) is 5.75. The molecule has 1 aromatic carbocycles. The molecule has 0 unspecified atom stereocenters. The van der Waals surface area contributed by atoms with Crippen LogP contribution in [0.1, 0.15) is 32.1 Å². The fourth-order valence-corrected chi connectivity index (χ4v) is 7.44. The Morgan fingerprint density at radius 2 is 1.73 bits per heavy atom. The molecule has 2 aliphatic rings. The second-order valence-electron chi connectivity index (χ2n) is 8.26. The average molecular weight is 520 g/mol. The number of nitrogens with one attached hydrogen (secondary N) is 1. The highest BCUT2D eigenvalue weighted by molar-refractivity contribution is 7.99. The number of benzene rings is 1. The molecule has 0 bridgehead atoms. The van der Waals surface area contributed by atoms with Gasteiger partial charge in [0, 0.05) is 30.6 Å². The van der Waals surface area contributed by atoms with E-state index in [2.05, 4.69) is 5.32 Å². The highest BCUT2D eigenvalue weighted by atomic mass is 32.2. The lowest BCUT2D eigenvalue weighted by Crippen LogP contribution is -2.41. The number of hydrogen-bond donors (Lipinski definition) is 1. The van der Waals surface area contributed by atoms with Crippen LogP contribution in [0.5, 0.6) is 0 Å². The number of anilines is 1. The lowest BCUT2D eigenvalue weighted by Gasteiger charge is -2.26. The number of rotatable bonds is 10. The average Bonchev–Trinajstić information content (AvgIpc) is 2.81. The van der Waals surface area contributed by atoms with Crippen LogP contribution in [0.2, 0.25) is 0 Å². The number of carbonyl (C=O) groups excluding carboxylic acids is 1. The number of sulfonamides is 2. The Morgan fingerprint density at radius 1 is 1.09 bits per heavy atom. The lowest BCUT2D eigenvalue weighted by atomic mass is 10.0. The minimum Gasteiger partial charge on any atom is -0.379 e. The minimum atomic E-state index is -3.74. The largest absolute Gasteiger partial charge is 0.379 e. The van der Waals surface area contributed by atoms with Gasteiger partial charge in [0.25, 0.3) is 0 Å². The first-order valence-electron chi connectivity index (χ1n) is 11.2. The first-order valence-corrected chi connectivity index (χ1v) is 15.6. The van der Waals surface area contributed by atoms with Crippen LogP contribution < -0.4 is 9.62 Å². The van der Waals surface area contributed by atoms with Gasteiger partial charge in [-0.25, -0.2) is 16.8 Å². The summed E-state index contributed by atoms with van der Waals surface area (Å²) in [6.45, 7) is 1.36. The zero-order chi connectivity index (χ0) is 23.9. The molecule has 1 N–H and O–H groups in total. The number of ether oxygens (including phenoxy) is 1. The summed E-state index contributed by atoms with van der Waals surface area (Å²) in [7, 11) is -7.42. The zero-order valence-electron chi connectivity index (χ0n) is 18.9. The van der Waals surface area contributed by atoms with Crippen molar-refractivity contribution in [1.82, 2.24) is 9.62 Å². The smallest absolute Gasteiger partial charge is 0.243 e. The predicted molar refractivity (Wildman–Crippen MR) is 131 cm³/mol. The molecule has 0 spiro atoms. The fourth-order valence-electron chi connectivity index (χ4n) is 3.95. The molecule has 0 aromatic heterocycles. The molecule has 33 heavy (non-hydrogen) atoms. The van der Waals surface area contributed by atoms with Crippen LogP contribution in [-0.2, 0) is 29.6 Å². The molecule has 1 aliphatic heterocycles. The van der Waals surface area contributed by atoms with Gasteiger partial charge in [-0.15, -0.1) is 0 Å². The van der Waals surface area contributed by atoms with Gasteiger partial charge in [-0.2, -0.15) is 16.1 Å². The second kappa shape index (κ2) is 11.9. The van der Waals surface area contributed by atoms with Crippen molar-refractivity contribution >= 4 is 43.4 Å². The summed E-state index contributed by atoms with van der Waals surface area (Å²) in [5.41, 5.74) is 0.241. The maximum Gasteiger partial charge on any atom is 0.243 e. The van der Waals surface area contributed by atoms with Gasteiger partial charge in [-0.3, -0.25) is 9.10 Å². The zero-order valence-corrected chi connectivity index (χ0v) is 21.4. The van der Waals surface area contributed by atoms with E-state index in [1.165, 1.54) is 60.7 Å². The molecule has 0 atom stereocenters. The highest BCUT2D eigenvalue weighted by Gasteiger charge is 2.27. The number of hydrogen-bond acceptors (Lipinski definition) is 7. The van der Waals surface area contributed by atoms with Crippen LogP contribution in [0, 0.1) is 0 Å². The van der Waals surface area contributed by atoms with Crippen molar-refractivity contribution in [3.8, 4) is 0 Å². The van der Waals surface area contributed by atoms with Gasteiger partial charge in [0.2, 0.25) is 26.0 Å². The normalized spacial score (nSPS) is 18.7. The van der Waals surface area contributed by atoms with Crippen molar-refractivity contribution in [2.45, 2.75) is 42.2 Å². The van der Waals surface area contributed by atoms with Gasteiger partial charge >= 0.3 is 0 Å². The van der Waals surface area contributed by atoms with E-state index in [9.17, 15) is 21.6 Å². The summed E-state index contributed by atoms with van der Waals surface area (Å²) in [5, 5.41) is 3.44. The molecule has 12 heteroatoms. The molecule has 2 fully saturated rings. The van der Waals surface area contributed by atoms with Gasteiger partial charge in [0.1, 0.15) is 6.54 Å². The first kappa shape index (κ1) is 26.3. The van der Waals surface area contributed by atoms with Crippen molar-refractivity contribution in [3.05, 3.63) is 24.3 Å². The monoisotopic (exact) mass is 519 g/mol. The molecule has 0 radical (unpaired) electrons. The molecule has 3 rings (SSSR count). The maximum atomic E-state index is 12.8. The molecule has 1 heterocycles. The topological polar surface area (TPSA) is 113 Å². The third-order valence-corrected chi connectivity index (χ3v) is 10.2. The number of carbonyl (C=O) groups is 1. The Balaban J connectivity index is 1.58. The summed E-state index contributed by atoms with van der Waals surface area (Å²) < 4.78 is 57.8. The molecular weight excluding hydrogens is 486 g/mol. The Hall–Kier alpha value is -1.34. The van der Waals surface area contributed by atoms with Crippen molar-refractivity contribution < 1.29 is 26.4 Å². The molecule has 1 saturated carbocycles. The van der Waals surface area contributed by atoms with E-state index >= 15 is 0 Å². The van der Waals surface area contributed by atoms with Crippen LogP contribution in [-0.4, -0.2) is 83.7 Å². The van der Waals surface area contributed by atoms with E-state index in [-0.39, 0.29) is 30.2 Å². The maximum absolute atomic E-state index is 12.8. The van der Waals surface area contributed by atoms with Crippen LogP contribution >= 0.6 is 11.8 Å². The van der Waals surface area contributed by atoms with Crippen molar-refractivity contribution in [2.75, 3.05) is 55.7 Å². The highest BCUT2D eigenvalue weighted by Crippen LogP contribution is 2.28. The minimum absolute atomic E-state index is 0.0748. The number of nitrogens with zero attached hydrogens (tertiary/aromatic N) is 2. The standard InChI is InChI=1S/C21H33N3O6S3/c1-32(26,27)24(17-21(25)22-11-16-31-19-5-3-2-4-6-19)18-7-9-20(10-8-18)33(28,29)23-12-14-30-15-13-23/h7-10,19H,2-6,11-17H2,1H3,(H,22,25). The van der Waals surface area contributed by atoms with Gasteiger partial charge in [-0.1, -0.05) is 19.3 Å². The molecule has 186 valence electrons. The van der Waals surface area contributed by atoms with Crippen molar-refractivity contribution in [2.24, 2.45) is 0 Å².